The number of benzene rings is 2. The van der Waals surface area contributed by atoms with Crippen molar-refractivity contribution in [2.75, 3.05) is 13.1 Å². The molecular weight excluding hydrogens is 372 g/mol. The first kappa shape index (κ1) is 18.8. The van der Waals surface area contributed by atoms with Crippen LogP contribution in [0.3, 0.4) is 0 Å². The van der Waals surface area contributed by atoms with E-state index in [9.17, 15) is 8.42 Å². The van der Waals surface area contributed by atoms with E-state index >= 15 is 0 Å². The minimum atomic E-state index is -3.52. The number of nitrogens with zero attached hydrogens (tertiary/aromatic N) is 2. The van der Waals surface area contributed by atoms with Crippen molar-refractivity contribution >= 4 is 26.6 Å². The summed E-state index contributed by atoms with van der Waals surface area (Å²) < 4.78 is 35.2. The summed E-state index contributed by atoms with van der Waals surface area (Å²) in [4.78, 5) is 0.298. The zero-order valence-electron chi connectivity index (χ0n) is 16.1. The summed E-state index contributed by atoms with van der Waals surface area (Å²) >= 11 is 0. The maximum absolute atomic E-state index is 13.0. The van der Waals surface area contributed by atoms with Crippen LogP contribution in [-0.4, -0.2) is 36.5 Å². The molecule has 0 radical (unpaired) electrons. The molecule has 28 heavy (non-hydrogen) atoms. The number of rotatable bonds is 5. The number of sulfonamides is 1. The predicted octanol–water partition coefficient (Wildman–Crippen LogP) is 4.36. The monoisotopic (exact) mass is 396 g/mol. The quantitative estimate of drug-likeness (QED) is 0.644. The Morgan fingerprint density at radius 1 is 1.00 bits per heavy atom. The number of para-hydroxylation sites is 1. The lowest BCUT2D eigenvalue weighted by molar-refractivity contribution is 0.242. The maximum Gasteiger partial charge on any atom is 0.243 e. The van der Waals surface area contributed by atoms with Gasteiger partial charge in [-0.2, -0.15) is 4.31 Å². The molecule has 4 rings (SSSR count). The number of hydrogen-bond acceptors (Lipinski definition) is 3. The summed E-state index contributed by atoms with van der Waals surface area (Å²) in [6.07, 6.45) is 4.78. The normalized spacial score (nSPS) is 15.8. The molecule has 0 amide bonds. The lowest BCUT2D eigenvalue weighted by Gasteiger charge is -2.26. The summed E-state index contributed by atoms with van der Waals surface area (Å²) in [6.45, 7) is 4.71. The van der Waals surface area contributed by atoms with Crippen molar-refractivity contribution in [2.24, 2.45) is 0 Å². The highest BCUT2D eigenvalue weighted by Crippen LogP contribution is 2.27. The van der Waals surface area contributed by atoms with Crippen LogP contribution in [0.1, 0.15) is 20.3 Å². The third-order valence-electron chi connectivity index (χ3n) is 4.89. The molecule has 146 valence electrons. The largest absolute Gasteiger partial charge is 0.491 e. The van der Waals surface area contributed by atoms with Crippen molar-refractivity contribution in [3.8, 4) is 5.75 Å². The van der Waals surface area contributed by atoms with Gasteiger partial charge in [-0.3, -0.25) is 0 Å². The number of ether oxygens (including phenoxy) is 1. The van der Waals surface area contributed by atoms with E-state index in [1.165, 1.54) is 9.69 Å². The Balaban J connectivity index is 1.53. The summed E-state index contributed by atoms with van der Waals surface area (Å²) in [5.41, 5.74) is 2.28. The van der Waals surface area contributed by atoms with E-state index < -0.39 is 10.0 Å². The van der Waals surface area contributed by atoms with Crippen LogP contribution in [0.25, 0.3) is 16.6 Å². The summed E-state index contributed by atoms with van der Waals surface area (Å²) in [7, 11) is -3.52. The SMILES string of the molecule is CC(C)Oc1ccc(S(=O)(=O)N2CC=C(n3ccc4ccccc43)CC2)cc1. The molecule has 2 heterocycles. The van der Waals surface area contributed by atoms with E-state index in [-0.39, 0.29) is 6.10 Å². The molecule has 2 aromatic carbocycles. The molecule has 6 heteroatoms. The Morgan fingerprint density at radius 2 is 1.75 bits per heavy atom. The Kier molecular flexibility index (Phi) is 5.00. The fourth-order valence-electron chi connectivity index (χ4n) is 3.52. The van der Waals surface area contributed by atoms with Gasteiger partial charge in [-0.05, 0) is 61.7 Å². The van der Waals surface area contributed by atoms with Crippen LogP contribution in [0.15, 0.2) is 71.8 Å². The molecule has 0 saturated heterocycles. The van der Waals surface area contributed by atoms with Gasteiger partial charge in [-0.1, -0.05) is 18.2 Å². The molecule has 1 aliphatic heterocycles. The van der Waals surface area contributed by atoms with Gasteiger partial charge in [0.25, 0.3) is 0 Å². The van der Waals surface area contributed by atoms with E-state index in [2.05, 4.69) is 22.8 Å². The van der Waals surface area contributed by atoms with Crippen LogP contribution in [0.4, 0.5) is 0 Å². The molecular formula is C22H24N2O3S. The lowest BCUT2D eigenvalue weighted by Crippen LogP contribution is -2.35. The second-order valence-electron chi connectivity index (χ2n) is 7.19. The Morgan fingerprint density at radius 3 is 2.43 bits per heavy atom. The number of hydrogen-bond donors (Lipinski definition) is 0. The van der Waals surface area contributed by atoms with Crippen molar-refractivity contribution in [1.29, 1.82) is 0 Å². The van der Waals surface area contributed by atoms with Crippen LogP contribution in [0.2, 0.25) is 0 Å². The van der Waals surface area contributed by atoms with Crippen molar-refractivity contribution in [3.05, 3.63) is 66.9 Å². The van der Waals surface area contributed by atoms with Gasteiger partial charge in [0, 0.05) is 31.4 Å². The summed E-state index contributed by atoms with van der Waals surface area (Å²) in [5, 5.41) is 1.18. The highest BCUT2D eigenvalue weighted by atomic mass is 32.2. The number of fused-ring (bicyclic) bond motifs is 1. The highest BCUT2D eigenvalue weighted by Gasteiger charge is 2.26. The standard InChI is InChI=1S/C22H24N2O3S/c1-17(2)27-20-7-9-21(10-8-20)28(25,26)23-14-12-19(13-15-23)24-16-11-18-5-3-4-6-22(18)24/h3-12,16-17H,13-15H2,1-2H3. The predicted molar refractivity (Wildman–Crippen MR) is 112 cm³/mol. The van der Waals surface area contributed by atoms with Gasteiger partial charge in [-0.15, -0.1) is 0 Å². The second kappa shape index (κ2) is 7.45. The van der Waals surface area contributed by atoms with E-state index in [1.54, 1.807) is 24.3 Å². The topological polar surface area (TPSA) is 51.5 Å². The maximum atomic E-state index is 13.0. The average Bonchev–Trinajstić information content (AvgIpc) is 3.12. The van der Waals surface area contributed by atoms with Gasteiger partial charge in [0.2, 0.25) is 10.0 Å². The highest BCUT2D eigenvalue weighted by molar-refractivity contribution is 7.89. The molecule has 0 N–H and O–H groups in total. The summed E-state index contributed by atoms with van der Waals surface area (Å²) in [6, 6.07) is 16.9. The van der Waals surface area contributed by atoms with Gasteiger partial charge >= 0.3 is 0 Å². The molecule has 0 aliphatic carbocycles. The lowest BCUT2D eigenvalue weighted by atomic mass is 10.2. The fraction of sp³-hybridized carbons (Fsp3) is 0.273. The van der Waals surface area contributed by atoms with Crippen LogP contribution < -0.4 is 4.74 Å². The minimum absolute atomic E-state index is 0.0536. The molecule has 0 unspecified atom stereocenters. The van der Waals surface area contributed by atoms with Gasteiger partial charge in [0.05, 0.1) is 16.5 Å². The van der Waals surface area contributed by atoms with Gasteiger partial charge in [0.15, 0.2) is 0 Å². The van der Waals surface area contributed by atoms with Crippen molar-refractivity contribution in [3.63, 3.8) is 0 Å². The minimum Gasteiger partial charge on any atom is -0.491 e. The first-order chi connectivity index (χ1) is 13.4. The molecule has 0 saturated carbocycles. The Labute approximate surface area is 165 Å². The van der Waals surface area contributed by atoms with Crippen molar-refractivity contribution < 1.29 is 13.2 Å². The molecule has 0 fully saturated rings. The van der Waals surface area contributed by atoms with E-state index in [0.717, 1.165) is 11.2 Å². The zero-order chi connectivity index (χ0) is 19.7. The van der Waals surface area contributed by atoms with Crippen LogP contribution in [-0.2, 0) is 10.0 Å². The third-order valence-corrected chi connectivity index (χ3v) is 6.77. The summed E-state index contributed by atoms with van der Waals surface area (Å²) in [5.74, 6) is 0.675. The zero-order valence-corrected chi connectivity index (χ0v) is 16.9. The Bertz CT molecular complexity index is 1110. The van der Waals surface area contributed by atoms with Crippen molar-refractivity contribution in [2.45, 2.75) is 31.3 Å². The van der Waals surface area contributed by atoms with Crippen molar-refractivity contribution in [1.82, 2.24) is 8.87 Å². The first-order valence-electron chi connectivity index (χ1n) is 9.47. The average molecular weight is 397 g/mol. The molecule has 1 aromatic heterocycles. The van der Waals surface area contributed by atoms with Crippen LogP contribution >= 0.6 is 0 Å². The van der Waals surface area contributed by atoms with E-state index in [0.29, 0.717) is 30.2 Å². The van der Waals surface area contributed by atoms with E-state index in [4.69, 9.17) is 4.74 Å². The Hall–Kier alpha value is -2.57. The second-order valence-corrected chi connectivity index (χ2v) is 9.13. The number of aromatic nitrogens is 1. The van der Waals surface area contributed by atoms with Crippen LogP contribution in [0, 0.1) is 0 Å². The molecule has 0 atom stereocenters. The molecule has 0 bridgehead atoms. The van der Waals surface area contributed by atoms with Crippen LogP contribution in [0.5, 0.6) is 5.75 Å². The van der Waals surface area contributed by atoms with E-state index in [1.807, 2.05) is 38.3 Å². The molecule has 3 aromatic rings. The van der Waals surface area contributed by atoms with Gasteiger partial charge in [-0.25, -0.2) is 8.42 Å². The molecule has 0 spiro atoms. The first-order valence-corrected chi connectivity index (χ1v) is 10.9. The van der Waals surface area contributed by atoms with Gasteiger partial charge < -0.3 is 9.30 Å². The molecule has 5 nitrogen and oxygen atoms in total. The third kappa shape index (κ3) is 3.57. The fourth-order valence-corrected chi connectivity index (χ4v) is 4.90. The smallest absolute Gasteiger partial charge is 0.243 e. The van der Waals surface area contributed by atoms with Gasteiger partial charge in [0.1, 0.15) is 5.75 Å². The molecule has 1 aliphatic rings.